The summed E-state index contributed by atoms with van der Waals surface area (Å²) in [6.45, 7) is 1.02. The molecule has 0 aliphatic carbocycles. The van der Waals surface area contributed by atoms with Crippen molar-refractivity contribution in [2.45, 2.75) is 25.4 Å². The van der Waals surface area contributed by atoms with E-state index in [9.17, 15) is 14.7 Å². The maximum atomic E-state index is 12.6. The topological polar surface area (TPSA) is 100 Å². The van der Waals surface area contributed by atoms with Gasteiger partial charge in [-0.15, -0.1) is 0 Å². The van der Waals surface area contributed by atoms with E-state index in [1.54, 1.807) is 20.3 Å². The van der Waals surface area contributed by atoms with E-state index in [0.717, 1.165) is 22.4 Å². The number of aliphatic carboxylic acids is 1. The zero-order chi connectivity index (χ0) is 22.4. The molecule has 1 N–H and O–H groups in total. The van der Waals surface area contributed by atoms with Crippen LogP contribution in [0.25, 0.3) is 0 Å². The maximum Gasteiger partial charge on any atom is 0.234 e. The number of amides is 1. The molecule has 0 spiro atoms. The Bertz CT molecular complexity index is 928. The first kappa shape index (κ1) is 22.4. The van der Waals surface area contributed by atoms with Gasteiger partial charge in [0.2, 0.25) is 5.91 Å². The molecule has 1 heterocycles. The van der Waals surface area contributed by atoms with E-state index in [0.29, 0.717) is 31.0 Å². The van der Waals surface area contributed by atoms with Crippen LogP contribution in [0.3, 0.4) is 0 Å². The van der Waals surface area contributed by atoms with Gasteiger partial charge in [0, 0.05) is 31.5 Å². The highest BCUT2D eigenvalue weighted by Gasteiger charge is 2.30. The van der Waals surface area contributed by atoms with Crippen LogP contribution in [-0.2, 0) is 22.6 Å². The molecule has 1 aliphatic heterocycles. The van der Waals surface area contributed by atoms with Crippen LogP contribution in [-0.4, -0.2) is 51.2 Å². The lowest BCUT2D eigenvalue weighted by molar-refractivity contribution is -0.307. The van der Waals surface area contributed by atoms with E-state index in [2.05, 4.69) is 5.32 Å². The zero-order valence-electron chi connectivity index (χ0n) is 18.0. The molecule has 3 rings (SSSR count). The molecule has 1 aliphatic rings. The van der Waals surface area contributed by atoms with Gasteiger partial charge in [-0.2, -0.15) is 0 Å². The van der Waals surface area contributed by atoms with Gasteiger partial charge in [0.1, 0.15) is 5.75 Å². The van der Waals surface area contributed by atoms with Crippen LogP contribution in [0.1, 0.15) is 29.2 Å². The first-order valence-corrected chi connectivity index (χ1v) is 10.0. The molecule has 1 amide bonds. The molecule has 0 saturated heterocycles. The van der Waals surface area contributed by atoms with Crippen molar-refractivity contribution in [1.29, 1.82) is 0 Å². The van der Waals surface area contributed by atoms with Crippen LogP contribution in [0, 0.1) is 0 Å². The number of nitrogens with one attached hydrogen (secondary N) is 1. The van der Waals surface area contributed by atoms with Crippen LogP contribution in [0.15, 0.2) is 36.4 Å². The summed E-state index contributed by atoms with van der Waals surface area (Å²) >= 11 is 0. The summed E-state index contributed by atoms with van der Waals surface area (Å²) in [5, 5.41) is 14.3. The maximum absolute atomic E-state index is 12.6. The lowest BCUT2D eigenvalue weighted by atomic mass is 9.90. The molecule has 1 atom stereocenters. The van der Waals surface area contributed by atoms with Gasteiger partial charge in [0.05, 0.1) is 27.9 Å². The first-order chi connectivity index (χ1) is 14.9. The SMILES string of the molecule is COc1ccc(CNC(=O)CN2CCc3cc(OC)c(OC)cc3C2CC(=O)[O-])cc1. The Kier molecular flexibility index (Phi) is 7.36. The number of fused-ring (bicyclic) bond motifs is 1. The van der Waals surface area contributed by atoms with Crippen LogP contribution in [0.5, 0.6) is 17.2 Å². The number of hydrogen-bond donors (Lipinski definition) is 1. The van der Waals surface area contributed by atoms with Crippen molar-refractivity contribution >= 4 is 11.9 Å². The normalized spacial score (nSPS) is 15.6. The highest BCUT2D eigenvalue weighted by molar-refractivity contribution is 5.78. The molecular weight excluding hydrogens is 400 g/mol. The largest absolute Gasteiger partial charge is 0.550 e. The van der Waals surface area contributed by atoms with Crippen molar-refractivity contribution in [3.8, 4) is 17.2 Å². The summed E-state index contributed by atoms with van der Waals surface area (Å²) in [5.41, 5.74) is 2.75. The van der Waals surface area contributed by atoms with Crippen LogP contribution >= 0.6 is 0 Å². The Balaban J connectivity index is 1.72. The molecule has 2 aromatic carbocycles. The predicted octanol–water partition coefficient (Wildman–Crippen LogP) is 1.07. The molecule has 0 radical (unpaired) electrons. The zero-order valence-corrected chi connectivity index (χ0v) is 18.0. The second kappa shape index (κ2) is 10.2. The minimum absolute atomic E-state index is 0.0852. The number of ether oxygens (including phenoxy) is 3. The smallest absolute Gasteiger partial charge is 0.234 e. The van der Waals surface area contributed by atoms with E-state index in [1.807, 2.05) is 35.2 Å². The second-order valence-corrected chi connectivity index (χ2v) is 7.34. The number of nitrogens with zero attached hydrogens (tertiary/aromatic N) is 1. The number of benzene rings is 2. The monoisotopic (exact) mass is 427 g/mol. The number of methoxy groups -OCH3 is 3. The molecule has 166 valence electrons. The van der Waals surface area contributed by atoms with Gasteiger partial charge >= 0.3 is 0 Å². The lowest BCUT2D eigenvalue weighted by Gasteiger charge is -2.37. The summed E-state index contributed by atoms with van der Waals surface area (Å²) in [6.07, 6.45) is 0.458. The number of hydrogen-bond acceptors (Lipinski definition) is 7. The van der Waals surface area contributed by atoms with E-state index < -0.39 is 12.0 Å². The molecule has 1 unspecified atom stereocenters. The number of carbonyl (C=O) groups is 2. The molecule has 8 nitrogen and oxygen atoms in total. The van der Waals surface area contributed by atoms with Crippen molar-refractivity contribution in [2.24, 2.45) is 0 Å². The number of rotatable bonds is 9. The summed E-state index contributed by atoms with van der Waals surface area (Å²) in [5.74, 6) is 0.521. The van der Waals surface area contributed by atoms with Crippen molar-refractivity contribution < 1.29 is 28.9 Å². The van der Waals surface area contributed by atoms with Crippen molar-refractivity contribution in [2.75, 3.05) is 34.4 Å². The first-order valence-electron chi connectivity index (χ1n) is 10.0. The van der Waals surface area contributed by atoms with E-state index in [-0.39, 0.29) is 18.9 Å². The van der Waals surface area contributed by atoms with Crippen molar-refractivity contribution in [3.05, 3.63) is 53.1 Å². The van der Waals surface area contributed by atoms with Crippen molar-refractivity contribution in [3.63, 3.8) is 0 Å². The fourth-order valence-electron chi connectivity index (χ4n) is 3.85. The van der Waals surface area contributed by atoms with Crippen LogP contribution in [0.2, 0.25) is 0 Å². The van der Waals surface area contributed by atoms with Gasteiger partial charge in [-0.25, -0.2) is 0 Å². The van der Waals surface area contributed by atoms with Gasteiger partial charge in [-0.3, -0.25) is 9.69 Å². The molecule has 31 heavy (non-hydrogen) atoms. The Morgan fingerprint density at radius 3 is 2.35 bits per heavy atom. The van der Waals surface area contributed by atoms with Crippen molar-refractivity contribution in [1.82, 2.24) is 10.2 Å². The van der Waals surface area contributed by atoms with Crippen LogP contribution < -0.4 is 24.6 Å². The third-order valence-electron chi connectivity index (χ3n) is 5.47. The van der Waals surface area contributed by atoms with Gasteiger partial charge in [0.25, 0.3) is 0 Å². The molecule has 0 bridgehead atoms. The Morgan fingerprint density at radius 2 is 1.74 bits per heavy atom. The highest BCUT2D eigenvalue weighted by atomic mass is 16.5. The average molecular weight is 427 g/mol. The van der Waals surface area contributed by atoms with Gasteiger partial charge in [0.15, 0.2) is 11.5 Å². The number of carboxylic acid groups (broad SMARTS) is 1. The molecular formula is C23H27N2O6-. The lowest BCUT2D eigenvalue weighted by Crippen LogP contribution is -2.44. The molecule has 0 saturated carbocycles. The Labute approximate surface area is 181 Å². The summed E-state index contributed by atoms with van der Waals surface area (Å²) in [4.78, 5) is 25.9. The average Bonchev–Trinajstić information content (AvgIpc) is 2.78. The summed E-state index contributed by atoms with van der Waals surface area (Å²) in [6, 6.07) is 10.6. The molecule has 2 aromatic rings. The molecule has 0 aromatic heterocycles. The van der Waals surface area contributed by atoms with E-state index >= 15 is 0 Å². The number of carbonyl (C=O) groups excluding carboxylic acids is 2. The minimum atomic E-state index is -1.17. The van der Waals surface area contributed by atoms with E-state index in [4.69, 9.17) is 14.2 Å². The molecule has 0 fully saturated rings. The Morgan fingerprint density at radius 1 is 1.06 bits per heavy atom. The number of carboxylic acids is 1. The Hall–Kier alpha value is -3.26. The van der Waals surface area contributed by atoms with Gasteiger partial charge in [-0.05, 0) is 47.4 Å². The standard InChI is InChI=1S/C23H28N2O6/c1-29-17-6-4-15(5-7-17)13-24-22(26)14-25-9-8-16-10-20(30-2)21(31-3)11-18(16)19(25)12-23(27)28/h4-7,10-11,19H,8-9,12-14H2,1-3H3,(H,24,26)(H,27,28)/p-1. The molecule has 8 heteroatoms. The summed E-state index contributed by atoms with van der Waals surface area (Å²) in [7, 11) is 4.69. The highest BCUT2D eigenvalue weighted by Crippen LogP contribution is 2.39. The summed E-state index contributed by atoms with van der Waals surface area (Å²) < 4.78 is 15.9. The van der Waals surface area contributed by atoms with Gasteiger partial charge < -0.3 is 29.4 Å². The minimum Gasteiger partial charge on any atom is -0.550 e. The fourth-order valence-corrected chi connectivity index (χ4v) is 3.85. The quantitative estimate of drug-likeness (QED) is 0.639. The third kappa shape index (κ3) is 5.46. The predicted molar refractivity (Wildman–Crippen MR) is 112 cm³/mol. The fraction of sp³-hybridized carbons (Fsp3) is 0.391. The second-order valence-electron chi connectivity index (χ2n) is 7.34. The van der Waals surface area contributed by atoms with E-state index in [1.165, 1.54) is 7.11 Å². The third-order valence-corrected chi connectivity index (χ3v) is 5.47. The van der Waals surface area contributed by atoms with Crippen LogP contribution in [0.4, 0.5) is 0 Å². The van der Waals surface area contributed by atoms with Gasteiger partial charge in [-0.1, -0.05) is 12.1 Å².